The molecule has 0 unspecified atom stereocenters. The molecular weight excluding hydrogens is 352 g/mol. The number of benzene rings is 1. The minimum absolute atomic E-state index is 0.235. The van der Waals surface area contributed by atoms with Crippen LogP contribution in [0.25, 0.3) is 10.6 Å². The number of aryl methyl sites for hydroxylation is 1. The lowest BCUT2D eigenvalue weighted by Crippen LogP contribution is -2.12. The standard InChI is InChI=1S/C18H14N4O3S/c1-11-20-21-17(24-11)9-12-4-6-13(7-5-12)19-18(23)14-10-15(25-22-14)16-3-2-8-26-16/h2-8,10H,9H2,1H3,(H,19,23). The molecule has 1 N–H and O–H groups in total. The highest BCUT2D eigenvalue weighted by molar-refractivity contribution is 7.13. The number of rotatable bonds is 5. The predicted molar refractivity (Wildman–Crippen MR) is 96.1 cm³/mol. The number of aromatic nitrogens is 3. The summed E-state index contributed by atoms with van der Waals surface area (Å²) < 4.78 is 10.6. The van der Waals surface area contributed by atoms with Gasteiger partial charge in [-0.3, -0.25) is 4.79 Å². The van der Waals surface area contributed by atoms with Crippen LogP contribution >= 0.6 is 11.3 Å². The lowest BCUT2D eigenvalue weighted by molar-refractivity contribution is 0.101. The fourth-order valence-electron chi connectivity index (χ4n) is 2.40. The van der Waals surface area contributed by atoms with Gasteiger partial charge in [0.2, 0.25) is 11.8 Å². The second-order valence-corrected chi connectivity index (χ2v) is 6.54. The summed E-state index contributed by atoms with van der Waals surface area (Å²) in [7, 11) is 0. The fourth-order valence-corrected chi connectivity index (χ4v) is 3.07. The van der Waals surface area contributed by atoms with E-state index in [4.69, 9.17) is 8.94 Å². The fraction of sp³-hybridized carbons (Fsp3) is 0.111. The Bertz CT molecular complexity index is 1020. The molecule has 4 rings (SSSR count). The normalized spacial score (nSPS) is 10.8. The lowest BCUT2D eigenvalue weighted by Gasteiger charge is -2.04. The van der Waals surface area contributed by atoms with E-state index in [-0.39, 0.29) is 11.6 Å². The van der Waals surface area contributed by atoms with Gasteiger partial charge in [0, 0.05) is 18.7 Å². The van der Waals surface area contributed by atoms with E-state index in [1.165, 1.54) is 11.3 Å². The molecule has 0 fully saturated rings. The van der Waals surface area contributed by atoms with Crippen molar-refractivity contribution in [3.8, 4) is 10.6 Å². The molecule has 0 radical (unpaired) electrons. The third-order valence-electron chi connectivity index (χ3n) is 3.64. The van der Waals surface area contributed by atoms with Crippen LogP contribution in [0.5, 0.6) is 0 Å². The van der Waals surface area contributed by atoms with Crippen LogP contribution in [-0.2, 0) is 6.42 Å². The van der Waals surface area contributed by atoms with Crippen LogP contribution < -0.4 is 5.32 Å². The SMILES string of the molecule is Cc1nnc(Cc2ccc(NC(=O)c3cc(-c4cccs4)on3)cc2)o1. The largest absolute Gasteiger partial charge is 0.425 e. The van der Waals surface area contributed by atoms with Crippen molar-refractivity contribution in [1.29, 1.82) is 0 Å². The molecule has 0 saturated carbocycles. The van der Waals surface area contributed by atoms with E-state index in [1.807, 2.05) is 41.8 Å². The van der Waals surface area contributed by atoms with Crippen LogP contribution in [0.3, 0.4) is 0 Å². The number of thiophene rings is 1. The first kappa shape index (κ1) is 16.2. The quantitative estimate of drug-likeness (QED) is 0.575. The van der Waals surface area contributed by atoms with Gasteiger partial charge in [-0.25, -0.2) is 0 Å². The summed E-state index contributed by atoms with van der Waals surface area (Å²) in [6.07, 6.45) is 0.544. The summed E-state index contributed by atoms with van der Waals surface area (Å²) in [6.45, 7) is 1.75. The highest BCUT2D eigenvalue weighted by Crippen LogP contribution is 2.25. The minimum atomic E-state index is -0.322. The third kappa shape index (κ3) is 3.55. The zero-order chi connectivity index (χ0) is 17.9. The maximum Gasteiger partial charge on any atom is 0.277 e. The molecule has 0 saturated heterocycles. The van der Waals surface area contributed by atoms with E-state index in [0.717, 1.165) is 10.4 Å². The number of carbonyl (C=O) groups is 1. The van der Waals surface area contributed by atoms with Crippen molar-refractivity contribution in [3.05, 3.63) is 70.9 Å². The van der Waals surface area contributed by atoms with E-state index >= 15 is 0 Å². The number of hydrogen-bond donors (Lipinski definition) is 1. The number of hydrogen-bond acceptors (Lipinski definition) is 7. The highest BCUT2D eigenvalue weighted by atomic mass is 32.1. The molecule has 0 aliphatic heterocycles. The molecular formula is C18H14N4O3S. The molecule has 130 valence electrons. The molecule has 8 heteroatoms. The molecule has 3 aromatic heterocycles. The summed E-state index contributed by atoms with van der Waals surface area (Å²) in [5.74, 6) is 1.36. The zero-order valence-corrected chi connectivity index (χ0v) is 14.6. The smallest absolute Gasteiger partial charge is 0.277 e. The molecule has 0 aliphatic carbocycles. The molecule has 4 aromatic rings. The van der Waals surface area contributed by atoms with E-state index < -0.39 is 0 Å². The first-order valence-corrected chi connectivity index (χ1v) is 8.75. The Labute approximate surface area is 152 Å². The van der Waals surface area contributed by atoms with Gasteiger partial charge in [0.15, 0.2) is 11.5 Å². The minimum Gasteiger partial charge on any atom is -0.425 e. The number of nitrogens with one attached hydrogen (secondary N) is 1. The Morgan fingerprint density at radius 3 is 2.73 bits per heavy atom. The maximum absolute atomic E-state index is 12.3. The average molecular weight is 366 g/mol. The first-order valence-electron chi connectivity index (χ1n) is 7.87. The number of carbonyl (C=O) groups excluding carboxylic acids is 1. The highest BCUT2D eigenvalue weighted by Gasteiger charge is 2.14. The summed E-state index contributed by atoms with van der Waals surface area (Å²) in [5, 5.41) is 16.4. The van der Waals surface area contributed by atoms with Gasteiger partial charge >= 0.3 is 0 Å². The van der Waals surface area contributed by atoms with E-state index in [0.29, 0.717) is 29.6 Å². The van der Waals surface area contributed by atoms with Crippen LogP contribution in [0.15, 0.2) is 56.8 Å². The van der Waals surface area contributed by atoms with Gasteiger partial charge in [0.05, 0.1) is 11.3 Å². The van der Waals surface area contributed by atoms with Crippen LogP contribution in [0.2, 0.25) is 0 Å². The maximum atomic E-state index is 12.3. The Balaban J connectivity index is 1.41. The molecule has 0 aliphatic rings. The van der Waals surface area contributed by atoms with Crippen molar-refractivity contribution >= 4 is 22.9 Å². The van der Waals surface area contributed by atoms with Crippen molar-refractivity contribution in [2.75, 3.05) is 5.32 Å². The predicted octanol–water partition coefficient (Wildman–Crippen LogP) is 3.94. The van der Waals surface area contributed by atoms with Crippen LogP contribution in [0.1, 0.15) is 27.8 Å². The van der Waals surface area contributed by atoms with Crippen LogP contribution in [-0.4, -0.2) is 21.3 Å². The molecule has 3 heterocycles. The number of anilines is 1. The average Bonchev–Trinajstić information content (AvgIpc) is 3.37. The van der Waals surface area contributed by atoms with Gasteiger partial charge in [-0.15, -0.1) is 21.5 Å². The Kier molecular flexibility index (Phi) is 4.32. The first-order chi connectivity index (χ1) is 12.7. The summed E-state index contributed by atoms with van der Waals surface area (Å²) in [6, 6.07) is 12.9. The van der Waals surface area contributed by atoms with Crippen molar-refractivity contribution in [2.45, 2.75) is 13.3 Å². The van der Waals surface area contributed by atoms with Crippen molar-refractivity contribution in [2.24, 2.45) is 0 Å². The van der Waals surface area contributed by atoms with Crippen molar-refractivity contribution in [3.63, 3.8) is 0 Å². The van der Waals surface area contributed by atoms with Gasteiger partial charge in [-0.1, -0.05) is 23.4 Å². The van der Waals surface area contributed by atoms with Crippen LogP contribution in [0, 0.1) is 6.92 Å². The van der Waals surface area contributed by atoms with Gasteiger partial charge in [-0.05, 0) is 29.1 Å². The lowest BCUT2D eigenvalue weighted by atomic mass is 10.1. The second kappa shape index (κ2) is 6.93. The van der Waals surface area contributed by atoms with Gasteiger partial charge < -0.3 is 14.3 Å². The Morgan fingerprint density at radius 2 is 2.04 bits per heavy atom. The summed E-state index contributed by atoms with van der Waals surface area (Å²) in [5.41, 5.74) is 1.91. The number of nitrogens with zero attached hydrogens (tertiary/aromatic N) is 3. The molecule has 1 aromatic carbocycles. The Morgan fingerprint density at radius 1 is 1.19 bits per heavy atom. The molecule has 1 amide bonds. The molecule has 7 nitrogen and oxygen atoms in total. The van der Waals surface area contributed by atoms with Crippen molar-refractivity contribution < 1.29 is 13.7 Å². The third-order valence-corrected chi connectivity index (χ3v) is 4.53. The van der Waals surface area contributed by atoms with E-state index in [2.05, 4.69) is 20.7 Å². The Hall–Kier alpha value is -3.26. The van der Waals surface area contributed by atoms with Crippen LogP contribution in [0.4, 0.5) is 5.69 Å². The van der Waals surface area contributed by atoms with Gasteiger partial charge in [0.25, 0.3) is 5.91 Å². The molecule has 26 heavy (non-hydrogen) atoms. The topological polar surface area (TPSA) is 94.1 Å². The van der Waals surface area contributed by atoms with E-state index in [9.17, 15) is 4.79 Å². The van der Waals surface area contributed by atoms with Gasteiger partial charge in [0.1, 0.15) is 0 Å². The van der Waals surface area contributed by atoms with Gasteiger partial charge in [-0.2, -0.15) is 0 Å². The van der Waals surface area contributed by atoms with Crippen molar-refractivity contribution in [1.82, 2.24) is 15.4 Å². The molecule has 0 bridgehead atoms. The number of amides is 1. The van der Waals surface area contributed by atoms with E-state index in [1.54, 1.807) is 13.0 Å². The monoisotopic (exact) mass is 366 g/mol. The molecule has 0 atom stereocenters. The summed E-state index contributed by atoms with van der Waals surface area (Å²) >= 11 is 1.53. The second-order valence-electron chi connectivity index (χ2n) is 5.60. The summed E-state index contributed by atoms with van der Waals surface area (Å²) in [4.78, 5) is 13.2. The molecule has 0 spiro atoms. The zero-order valence-electron chi connectivity index (χ0n) is 13.8.